The van der Waals surface area contributed by atoms with E-state index in [9.17, 15) is 14.4 Å². The number of carbonyl (C=O) groups is 3. The van der Waals surface area contributed by atoms with Gasteiger partial charge in [-0.25, -0.2) is 9.97 Å². The van der Waals surface area contributed by atoms with Crippen molar-refractivity contribution in [1.82, 2.24) is 15.3 Å². The molecule has 5 aromatic rings. The van der Waals surface area contributed by atoms with Crippen molar-refractivity contribution in [2.45, 2.75) is 32.7 Å². The fourth-order valence-electron chi connectivity index (χ4n) is 4.90. The number of fused-ring (bicyclic) bond motifs is 2. The molecule has 216 valence electrons. The number of benzene rings is 2. The van der Waals surface area contributed by atoms with Crippen LogP contribution in [0.5, 0.6) is 0 Å². The van der Waals surface area contributed by atoms with Crippen molar-refractivity contribution in [1.29, 1.82) is 0 Å². The number of pyridine rings is 1. The average molecular weight is 610 g/mol. The van der Waals surface area contributed by atoms with Crippen molar-refractivity contribution in [3.05, 3.63) is 128 Å². The number of ether oxygens (including phenoxy) is 1. The van der Waals surface area contributed by atoms with Gasteiger partial charge in [-0.2, -0.15) is 0 Å². The summed E-state index contributed by atoms with van der Waals surface area (Å²) in [4.78, 5) is 50.3. The minimum atomic E-state index is -0.722. The first-order chi connectivity index (χ1) is 21.0. The quantitative estimate of drug-likeness (QED) is 0.199. The molecular formula is C32H27N5O4S2. The highest BCUT2D eigenvalue weighted by Gasteiger charge is 2.34. The zero-order valence-corrected chi connectivity index (χ0v) is 24.8. The molecule has 4 heterocycles. The lowest BCUT2D eigenvalue weighted by atomic mass is 9.97. The smallest absolute Gasteiger partial charge is 0.303 e. The summed E-state index contributed by atoms with van der Waals surface area (Å²) in [6, 6.07) is 22.3. The number of nitrogens with one attached hydrogen (secondary N) is 2. The summed E-state index contributed by atoms with van der Waals surface area (Å²) in [5.74, 6) is -0.149. The Labute approximate surface area is 256 Å². The molecule has 3 aromatic heterocycles. The average Bonchev–Trinajstić information content (AvgIpc) is 3.68. The zero-order chi connectivity index (χ0) is 29.8. The predicted octanol–water partition coefficient (Wildman–Crippen LogP) is 5.95. The maximum absolute atomic E-state index is 13.8. The molecule has 0 radical (unpaired) electrons. The SMILES string of the molecule is CC(=O)OC1c2ccccc2C(=O)N(Cc2nc(C(=O)NCc3cc(CNc4ccccn4)cs3)cs2)c2ccccc21. The molecule has 2 aromatic carbocycles. The van der Waals surface area contributed by atoms with E-state index in [-0.39, 0.29) is 18.4 Å². The van der Waals surface area contributed by atoms with Gasteiger partial charge in [-0.3, -0.25) is 14.4 Å². The molecule has 11 heteroatoms. The molecule has 0 bridgehead atoms. The summed E-state index contributed by atoms with van der Waals surface area (Å²) in [5.41, 5.74) is 3.81. The number of thiophene rings is 1. The fourth-order valence-corrected chi connectivity index (χ4v) is 6.49. The van der Waals surface area contributed by atoms with Crippen LogP contribution in [-0.2, 0) is 29.2 Å². The molecule has 2 amide bonds. The van der Waals surface area contributed by atoms with Crippen LogP contribution in [0, 0.1) is 0 Å². The van der Waals surface area contributed by atoms with Crippen LogP contribution in [0.1, 0.15) is 60.4 Å². The Bertz CT molecular complexity index is 1790. The predicted molar refractivity (Wildman–Crippen MR) is 166 cm³/mol. The van der Waals surface area contributed by atoms with Crippen LogP contribution in [-0.4, -0.2) is 27.8 Å². The first-order valence-corrected chi connectivity index (χ1v) is 15.3. The van der Waals surface area contributed by atoms with E-state index in [4.69, 9.17) is 4.74 Å². The highest BCUT2D eigenvalue weighted by atomic mass is 32.1. The van der Waals surface area contributed by atoms with Crippen molar-refractivity contribution in [3.63, 3.8) is 0 Å². The molecule has 43 heavy (non-hydrogen) atoms. The largest absolute Gasteiger partial charge is 0.453 e. The van der Waals surface area contributed by atoms with E-state index in [0.717, 1.165) is 16.3 Å². The third-order valence-corrected chi connectivity index (χ3v) is 8.68. The monoisotopic (exact) mass is 609 g/mol. The van der Waals surface area contributed by atoms with Gasteiger partial charge >= 0.3 is 5.97 Å². The van der Waals surface area contributed by atoms with Crippen LogP contribution < -0.4 is 15.5 Å². The number of anilines is 2. The maximum atomic E-state index is 13.8. The molecule has 0 saturated heterocycles. The van der Waals surface area contributed by atoms with Gasteiger partial charge in [-0.15, -0.1) is 22.7 Å². The molecule has 0 fully saturated rings. The number of para-hydroxylation sites is 1. The van der Waals surface area contributed by atoms with E-state index in [1.165, 1.54) is 18.3 Å². The Hall–Kier alpha value is -4.87. The molecule has 1 unspecified atom stereocenters. The molecule has 0 aliphatic carbocycles. The minimum absolute atomic E-state index is 0.159. The second kappa shape index (κ2) is 12.6. The van der Waals surface area contributed by atoms with E-state index in [1.54, 1.807) is 46.0 Å². The topological polar surface area (TPSA) is 114 Å². The normalized spacial score (nSPS) is 13.9. The van der Waals surface area contributed by atoms with E-state index < -0.39 is 12.1 Å². The number of esters is 1. The molecular weight excluding hydrogens is 583 g/mol. The Morgan fingerprint density at radius 1 is 0.953 bits per heavy atom. The molecule has 0 spiro atoms. The molecule has 1 aliphatic rings. The Morgan fingerprint density at radius 2 is 1.74 bits per heavy atom. The first kappa shape index (κ1) is 28.3. The summed E-state index contributed by atoms with van der Waals surface area (Å²) in [6.07, 6.45) is 1.02. The van der Waals surface area contributed by atoms with Crippen LogP contribution in [0.15, 0.2) is 89.8 Å². The van der Waals surface area contributed by atoms with Gasteiger partial charge in [0, 0.05) is 46.6 Å². The van der Waals surface area contributed by atoms with E-state index in [1.807, 2.05) is 48.5 Å². The number of thiazole rings is 1. The molecule has 6 rings (SSSR count). The number of rotatable bonds is 9. The Morgan fingerprint density at radius 3 is 2.56 bits per heavy atom. The van der Waals surface area contributed by atoms with Crippen molar-refractivity contribution >= 4 is 52.0 Å². The molecule has 0 saturated carbocycles. The van der Waals surface area contributed by atoms with Crippen LogP contribution in [0.4, 0.5) is 11.5 Å². The van der Waals surface area contributed by atoms with Crippen molar-refractivity contribution in [3.8, 4) is 0 Å². The summed E-state index contributed by atoms with van der Waals surface area (Å²) >= 11 is 2.89. The Kier molecular flexibility index (Phi) is 8.25. The zero-order valence-electron chi connectivity index (χ0n) is 23.2. The van der Waals surface area contributed by atoms with Gasteiger partial charge < -0.3 is 20.3 Å². The van der Waals surface area contributed by atoms with Gasteiger partial charge in [0.25, 0.3) is 11.8 Å². The lowest BCUT2D eigenvalue weighted by molar-refractivity contribution is -0.144. The number of hydrogen-bond donors (Lipinski definition) is 2. The van der Waals surface area contributed by atoms with Gasteiger partial charge in [0.05, 0.1) is 18.8 Å². The van der Waals surface area contributed by atoms with Crippen molar-refractivity contribution in [2.24, 2.45) is 0 Å². The van der Waals surface area contributed by atoms with Gasteiger partial charge in [-0.1, -0.05) is 42.5 Å². The lowest BCUT2D eigenvalue weighted by Gasteiger charge is -2.23. The van der Waals surface area contributed by atoms with Crippen LogP contribution in [0.2, 0.25) is 0 Å². The molecule has 1 aliphatic heterocycles. The highest BCUT2D eigenvalue weighted by Crippen LogP contribution is 2.40. The summed E-state index contributed by atoms with van der Waals surface area (Å²) in [7, 11) is 0. The summed E-state index contributed by atoms with van der Waals surface area (Å²) < 4.78 is 5.72. The molecule has 2 N–H and O–H groups in total. The second-order valence-electron chi connectivity index (χ2n) is 9.83. The van der Waals surface area contributed by atoms with Crippen LogP contribution in [0.3, 0.4) is 0 Å². The number of nitrogens with zero attached hydrogens (tertiary/aromatic N) is 3. The second-order valence-corrected chi connectivity index (χ2v) is 11.8. The number of amides is 2. The van der Waals surface area contributed by atoms with Gasteiger partial charge in [0.15, 0.2) is 6.10 Å². The van der Waals surface area contributed by atoms with Gasteiger partial charge in [-0.05, 0) is 41.3 Å². The third-order valence-electron chi connectivity index (χ3n) is 6.86. The highest BCUT2D eigenvalue weighted by molar-refractivity contribution is 7.10. The summed E-state index contributed by atoms with van der Waals surface area (Å²) in [6.45, 7) is 2.54. The van der Waals surface area contributed by atoms with E-state index >= 15 is 0 Å². The number of aromatic nitrogens is 2. The fraction of sp³-hybridized carbons (Fsp3) is 0.156. The molecule has 9 nitrogen and oxygen atoms in total. The van der Waals surface area contributed by atoms with E-state index in [2.05, 4.69) is 32.0 Å². The molecule has 1 atom stereocenters. The maximum Gasteiger partial charge on any atom is 0.303 e. The van der Waals surface area contributed by atoms with Crippen LogP contribution >= 0.6 is 22.7 Å². The van der Waals surface area contributed by atoms with E-state index in [0.29, 0.717) is 46.2 Å². The standard InChI is InChI=1S/C32H27N5O4S2/c1-20(38)41-30-23-8-2-3-9-24(23)32(40)37(27-11-5-4-10-25(27)30)17-29-36-26(19-43-29)31(39)35-16-22-14-21(18-42-22)15-34-28-12-6-7-13-33-28/h2-14,18-19,30H,15-17H2,1H3,(H,33,34)(H,35,39). The number of carbonyl (C=O) groups excluding carboxylic acids is 3. The first-order valence-electron chi connectivity index (χ1n) is 13.6. The van der Waals surface area contributed by atoms with Crippen molar-refractivity contribution < 1.29 is 19.1 Å². The van der Waals surface area contributed by atoms with Gasteiger partial charge in [0.2, 0.25) is 0 Å². The van der Waals surface area contributed by atoms with Crippen LogP contribution in [0.25, 0.3) is 0 Å². The third kappa shape index (κ3) is 6.32. The minimum Gasteiger partial charge on any atom is -0.453 e. The summed E-state index contributed by atoms with van der Waals surface area (Å²) in [5, 5.41) is 10.6. The number of hydrogen-bond acceptors (Lipinski definition) is 9. The lowest BCUT2D eigenvalue weighted by Crippen LogP contribution is -2.30. The Balaban J connectivity index is 1.15. The van der Waals surface area contributed by atoms with Gasteiger partial charge in [0.1, 0.15) is 16.5 Å². The van der Waals surface area contributed by atoms with Crippen molar-refractivity contribution in [2.75, 3.05) is 10.2 Å².